The molecule has 0 fully saturated rings. The molecule has 0 bridgehead atoms. The largest absolute Gasteiger partial charge is 0.381 e. The molecule has 0 saturated carbocycles. The first-order valence-corrected chi connectivity index (χ1v) is 5.56. The third-order valence-corrected chi connectivity index (χ3v) is 2.92. The van der Waals surface area contributed by atoms with Gasteiger partial charge in [-0.1, -0.05) is 25.1 Å². The van der Waals surface area contributed by atoms with E-state index in [-0.39, 0.29) is 0 Å². The summed E-state index contributed by atoms with van der Waals surface area (Å²) in [6.45, 7) is 3.13. The number of hydrogen-bond acceptors (Lipinski definition) is 2. The maximum absolute atomic E-state index is 3.36. The lowest BCUT2D eigenvalue weighted by Gasteiger charge is -2.13. The normalized spacial score (nSPS) is 13.6. The summed E-state index contributed by atoms with van der Waals surface area (Å²) in [7, 11) is 0. The molecule has 0 spiro atoms. The molecule has 0 aromatic heterocycles. The zero-order chi connectivity index (χ0) is 9.10. The highest BCUT2D eigenvalue weighted by atomic mass is 32.2. The van der Waals surface area contributed by atoms with Crippen LogP contribution in [0.15, 0.2) is 29.2 Å². The molecular formula is C11H13NS. The minimum Gasteiger partial charge on any atom is -0.381 e. The Hall–Kier alpha value is -0.890. The van der Waals surface area contributed by atoms with Crippen molar-refractivity contribution in [2.45, 2.75) is 11.8 Å². The van der Waals surface area contributed by atoms with Gasteiger partial charge in [0.2, 0.25) is 0 Å². The van der Waals surface area contributed by atoms with E-state index < -0.39 is 0 Å². The summed E-state index contributed by atoms with van der Waals surface area (Å²) in [5, 5.41) is 3.36. The fourth-order valence-corrected chi connectivity index (χ4v) is 2.14. The van der Waals surface area contributed by atoms with E-state index in [0.717, 1.165) is 12.3 Å². The van der Waals surface area contributed by atoms with E-state index >= 15 is 0 Å². The topological polar surface area (TPSA) is 12.0 Å². The molecule has 1 aromatic rings. The average molecular weight is 191 g/mol. The first kappa shape index (κ1) is 8.70. The lowest BCUT2D eigenvalue weighted by Crippen LogP contribution is -2.03. The number of fused-ring (bicyclic) bond motifs is 1. The average Bonchev–Trinajstić information content (AvgIpc) is 2.18. The molecular weight excluding hydrogens is 178 g/mol. The molecule has 0 unspecified atom stereocenters. The highest BCUT2D eigenvalue weighted by Crippen LogP contribution is 2.27. The lowest BCUT2D eigenvalue weighted by atomic mass is 10.1. The monoisotopic (exact) mass is 191 g/mol. The molecule has 1 aromatic carbocycles. The highest BCUT2D eigenvalue weighted by molar-refractivity contribution is 7.99. The van der Waals surface area contributed by atoms with Gasteiger partial charge >= 0.3 is 0 Å². The Morgan fingerprint density at radius 1 is 1.46 bits per heavy atom. The van der Waals surface area contributed by atoms with Crippen LogP contribution in [0.25, 0.3) is 6.08 Å². The van der Waals surface area contributed by atoms with Crippen molar-refractivity contribution >= 4 is 23.5 Å². The summed E-state index contributed by atoms with van der Waals surface area (Å²) >= 11 is 1.88. The van der Waals surface area contributed by atoms with E-state index in [1.807, 2.05) is 11.8 Å². The minimum absolute atomic E-state index is 0.952. The molecule has 1 aliphatic heterocycles. The van der Waals surface area contributed by atoms with Crippen LogP contribution in [-0.4, -0.2) is 12.3 Å². The van der Waals surface area contributed by atoms with Gasteiger partial charge in [0.25, 0.3) is 0 Å². The second kappa shape index (κ2) is 3.88. The molecule has 13 heavy (non-hydrogen) atoms. The first-order chi connectivity index (χ1) is 6.40. The summed E-state index contributed by atoms with van der Waals surface area (Å²) in [6, 6.07) is 6.59. The quantitative estimate of drug-likeness (QED) is 0.720. The van der Waals surface area contributed by atoms with E-state index in [9.17, 15) is 0 Å². The van der Waals surface area contributed by atoms with Gasteiger partial charge in [0, 0.05) is 17.1 Å². The Labute approximate surface area is 83.2 Å². The molecule has 0 radical (unpaired) electrons. The summed E-state index contributed by atoms with van der Waals surface area (Å²) in [5.41, 5.74) is 2.56. The highest BCUT2D eigenvalue weighted by Gasteiger charge is 2.03. The fraction of sp³-hybridized carbons (Fsp3) is 0.273. The molecule has 0 amide bonds. The molecule has 1 aliphatic rings. The Balaban J connectivity index is 2.31. The Bertz CT molecular complexity index is 331. The van der Waals surface area contributed by atoms with E-state index in [1.165, 1.54) is 16.1 Å². The molecule has 2 heteroatoms. The van der Waals surface area contributed by atoms with Gasteiger partial charge in [0.15, 0.2) is 0 Å². The van der Waals surface area contributed by atoms with Gasteiger partial charge < -0.3 is 5.32 Å². The number of thioether (sulfide) groups is 1. The number of hydrogen-bond donors (Lipinski definition) is 1. The van der Waals surface area contributed by atoms with Crippen LogP contribution in [0.5, 0.6) is 0 Å². The van der Waals surface area contributed by atoms with Crippen molar-refractivity contribution in [1.29, 1.82) is 0 Å². The molecule has 1 heterocycles. The van der Waals surface area contributed by atoms with Crippen LogP contribution in [-0.2, 0) is 0 Å². The maximum atomic E-state index is 3.36. The number of nitrogens with one attached hydrogen (secondary N) is 1. The third-order valence-electron chi connectivity index (χ3n) is 2.04. The van der Waals surface area contributed by atoms with Crippen molar-refractivity contribution in [1.82, 2.24) is 0 Å². The van der Waals surface area contributed by atoms with E-state index in [1.54, 1.807) is 0 Å². The standard InChI is InChI=1S/C11H13NS/c1-2-13-10-6-5-9-4-3-7-12-11(9)8-10/h3-6,8,12H,2,7H2,1H3. The van der Waals surface area contributed by atoms with Crippen LogP contribution < -0.4 is 5.32 Å². The second-order valence-corrected chi connectivity index (χ2v) is 4.30. The Morgan fingerprint density at radius 2 is 2.38 bits per heavy atom. The van der Waals surface area contributed by atoms with Crippen molar-refractivity contribution in [2.75, 3.05) is 17.6 Å². The smallest absolute Gasteiger partial charge is 0.0427 e. The molecule has 0 saturated heterocycles. The summed E-state index contributed by atoms with van der Waals surface area (Å²) in [5.74, 6) is 1.13. The first-order valence-electron chi connectivity index (χ1n) is 4.57. The van der Waals surface area contributed by atoms with Crippen molar-refractivity contribution in [3.63, 3.8) is 0 Å². The summed E-state index contributed by atoms with van der Waals surface area (Å²) in [4.78, 5) is 1.35. The van der Waals surface area contributed by atoms with E-state index in [4.69, 9.17) is 0 Å². The summed E-state index contributed by atoms with van der Waals surface area (Å²) in [6.07, 6.45) is 4.32. The molecule has 0 aliphatic carbocycles. The Morgan fingerprint density at radius 3 is 3.23 bits per heavy atom. The molecule has 68 valence electrons. The number of anilines is 1. The SMILES string of the molecule is CCSc1ccc2c(c1)NCC=C2. The van der Waals surface area contributed by atoms with Gasteiger partial charge in [0.1, 0.15) is 0 Å². The van der Waals surface area contributed by atoms with Gasteiger partial charge in [-0.2, -0.15) is 0 Å². The lowest BCUT2D eigenvalue weighted by molar-refractivity contribution is 1.28. The van der Waals surface area contributed by atoms with Crippen molar-refractivity contribution in [2.24, 2.45) is 0 Å². The molecule has 0 atom stereocenters. The minimum atomic E-state index is 0.952. The number of rotatable bonds is 2. The van der Waals surface area contributed by atoms with Gasteiger partial charge in [0.05, 0.1) is 0 Å². The predicted octanol–water partition coefficient (Wildman–Crippen LogP) is 3.24. The van der Waals surface area contributed by atoms with Crippen LogP contribution >= 0.6 is 11.8 Å². The van der Waals surface area contributed by atoms with Crippen LogP contribution in [0.1, 0.15) is 12.5 Å². The van der Waals surface area contributed by atoms with E-state index in [2.05, 4.69) is 42.6 Å². The molecule has 1 N–H and O–H groups in total. The second-order valence-electron chi connectivity index (χ2n) is 2.97. The van der Waals surface area contributed by atoms with Gasteiger partial charge in [-0.05, 0) is 23.4 Å². The Kier molecular flexibility index (Phi) is 2.60. The predicted molar refractivity (Wildman–Crippen MR) is 60.4 cm³/mol. The van der Waals surface area contributed by atoms with Crippen LogP contribution in [0, 0.1) is 0 Å². The van der Waals surface area contributed by atoms with Crippen molar-refractivity contribution in [3.05, 3.63) is 29.8 Å². The van der Waals surface area contributed by atoms with Crippen molar-refractivity contribution < 1.29 is 0 Å². The van der Waals surface area contributed by atoms with Crippen molar-refractivity contribution in [3.8, 4) is 0 Å². The zero-order valence-electron chi connectivity index (χ0n) is 7.71. The number of benzene rings is 1. The maximum Gasteiger partial charge on any atom is 0.0427 e. The van der Waals surface area contributed by atoms with Gasteiger partial charge in [-0.15, -0.1) is 11.8 Å². The van der Waals surface area contributed by atoms with Crippen LogP contribution in [0.4, 0.5) is 5.69 Å². The van der Waals surface area contributed by atoms with Crippen LogP contribution in [0.3, 0.4) is 0 Å². The third kappa shape index (κ3) is 1.89. The summed E-state index contributed by atoms with van der Waals surface area (Å²) < 4.78 is 0. The van der Waals surface area contributed by atoms with Crippen LogP contribution in [0.2, 0.25) is 0 Å². The van der Waals surface area contributed by atoms with Gasteiger partial charge in [-0.3, -0.25) is 0 Å². The van der Waals surface area contributed by atoms with E-state index in [0.29, 0.717) is 0 Å². The molecule has 1 nitrogen and oxygen atoms in total. The zero-order valence-corrected chi connectivity index (χ0v) is 8.53. The fourth-order valence-electron chi connectivity index (χ4n) is 1.45. The molecule has 2 rings (SSSR count). The van der Waals surface area contributed by atoms with Gasteiger partial charge in [-0.25, -0.2) is 0 Å².